The van der Waals surface area contributed by atoms with Crippen LogP contribution in [-0.4, -0.2) is 71.2 Å². The van der Waals surface area contributed by atoms with Crippen molar-refractivity contribution >= 4 is 11.9 Å². The number of nitrogens with zero attached hydrogens (tertiary/aromatic N) is 5. The third-order valence-corrected chi connectivity index (χ3v) is 3.91. The zero-order valence-electron chi connectivity index (χ0n) is 18.2. The maximum absolute atomic E-state index is 10.6. The van der Waals surface area contributed by atoms with Crippen LogP contribution in [0.2, 0.25) is 0 Å². The molecule has 0 unspecified atom stereocenters. The van der Waals surface area contributed by atoms with Crippen molar-refractivity contribution in [3.05, 3.63) is 54.4 Å². The Balaban J connectivity index is 0.000000362. The smallest absolute Gasteiger partial charge is 0.475 e. The average Bonchev–Trinajstić information content (AvgIpc) is 3.40. The molecule has 0 aliphatic heterocycles. The highest BCUT2D eigenvalue weighted by atomic mass is 19.4. The summed E-state index contributed by atoms with van der Waals surface area (Å²) in [6, 6.07) is 8.30. The number of H-pyrrole nitrogens is 1. The van der Waals surface area contributed by atoms with E-state index in [1.807, 2.05) is 23.9 Å². The summed E-state index contributed by atoms with van der Waals surface area (Å²) in [6.07, 6.45) is -4.83. The summed E-state index contributed by atoms with van der Waals surface area (Å²) in [6.45, 7) is 1.58. The van der Waals surface area contributed by atoms with Gasteiger partial charge in [0.05, 0.1) is 6.54 Å². The van der Waals surface area contributed by atoms with E-state index in [4.69, 9.17) is 19.8 Å². The van der Waals surface area contributed by atoms with Crippen molar-refractivity contribution < 1.29 is 46.1 Å². The van der Waals surface area contributed by atoms with Gasteiger partial charge in [0.15, 0.2) is 0 Å². The van der Waals surface area contributed by atoms with Gasteiger partial charge >= 0.3 is 24.3 Å². The maximum Gasteiger partial charge on any atom is 0.490 e. The minimum atomic E-state index is -5.08. The number of carboxylic acids is 2. The molecule has 0 aliphatic carbocycles. The van der Waals surface area contributed by atoms with E-state index in [1.54, 1.807) is 12.5 Å². The highest BCUT2D eigenvalue weighted by Crippen LogP contribution is 2.21. The molecular weight excluding hydrogens is 490 g/mol. The van der Waals surface area contributed by atoms with E-state index in [-0.39, 0.29) is 0 Å². The van der Waals surface area contributed by atoms with Gasteiger partial charge in [0, 0.05) is 31.5 Å². The van der Waals surface area contributed by atoms with E-state index in [1.165, 1.54) is 5.56 Å². The monoisotopic (exact) mass is 510 g/mol. The summed E-state index contributed by atoms with van der Waals surface area (Å²) in [5.41, 5.74) is 2.37. The topological polar surface area (TPSA) is 137 Å². The lowest BCUT2D eigenvalue weighted by molar-refractivity contribution is -0.193. The molecule has 2 heterocycles. The molecule has 0 saturated carbocycles. The first-order chi connectivity index (χ1) is 16.1. The van der Waals surface area contributed by atoms with E-state index >= 15 is 0 Å². The van der Waals surface area contributed by atoms with Crippen LogP contribution in [0, 0.1) is 0 Å². The number of hydrogen-bond donors (Lipinski definition) is 3. The van der Waals surface area contributed by atoms with Crippen molar-refractivity contribution in [1.82, 2.24) is 29.6 Å². The van der Waals surface area contributed by atoms with Gasteiger partial charge < -0.3 is 19.8 Å². The van der Waals surface area contributed by atoms with Crippen molar-refractivity contribution in [2.75, 3.05) is 7.05 Å². The van der Waals surface area contributed by atoms with Crippen LogP contribution in [0.1, 0.15) is 11.4 Å². The van der Waals surface area contributed by atoms with Crippen LogP contribution >= 0.6 is 0 Å². The number of aryl methyl sites for hydroxylation is 1. The predicted molar refractivity (Wildman–Crippen MR) is 108 cm³/mol. The van der Waals surface area contributed by atoms with Crippen molar-refractivity contribution in [1.29, 1.82) is 0 Å². The number of aromatic nitrogens is 5. The number of carboxylic acid groups (broad SMARTS) is 2. The molecule has 3 aromatic rings. The highest BCUT2D eigenvalue weighted by Gasteiger charge is 2.38. The van der Waals surface area contributed by atoms with Crippen LogP contribution in [0.4, 0.5) is 26.3 Å². The van der Waals surface area contributed by atoms with Gasteiger partial charge in [-0.2, -0.15) is 26.3 Å². The first-order valence-electron chi connectivity index (χ1n) is 9.32. The Morgan fingerprint density at radius 1 is 1.03 bits per heavy atom. The largest absolute Gasteiger partial charge is 0.490 e. The number of carbonyl (C=O) groups is 2. The lowest BCUT2D eigenvalue weighted by Gasteiger charge is -2.17. The molecule has 2 aromatic heterocycles. The van der Waals surface area contributed by atoms with Crippen LogP contribution in [0.25, 0.3) is 11.4 Å². The van der Waals surface area contributed by atoms with E-state index < -0.39 is 24.3 Å². The zero-order chi connectivity index (χ0) is 26.8. The first-order valence-corrected chi connectivity index (χ1v) is 9.32. The fourth-order valence-electron chi connectivity index (χ4n) is 2.34. The second-order valence-electron chi connectivity index (χ2n) is 6.73. The van der Waals surface area contributed by atoms with Gasteiger partial charge in [0.25, 0.3) is 0 Å². The predicted octanol–water partition coefficient (Wildman–Crippen LogP) is 3.10. The van der Waals surface area contributed by atoms with Gasteiger partial charge in [-0.15, -0.1) is 10.2 Å². The van der Waals surface area contributed by atoms with E-state index in [0.717, 1.165) is 30.3 Å². The summed E-state index contributed by atoms with van der Waals surface area (Å²) >= 11 is 0. The third kappa shape index (κ3) is 10.2. The Morgan fingerprint density at radius 3 is 2.00 bits per heavy atom. The van der Waals surface area contributed by atoms with Crippen LogP contribution < -0.4 is 0 Å². The molecule has 16 heteroatoms. The van der Waals surface area contributed by atoms with Gasteiger partial charge in [-0.25, -0.2) is 14.6 Å². The molecule has 10 nitrogen and oxygen atoms in total. The summed E-state index contributed by atoms with van der Waals surface area (Å²) in [7, 11) is 4.04. The number of aromatic amines is 1. The lowest BCUT2D eigenvalue weighted by Crippen LogP contribution is -2.21. The molecule has 0 bridgehead atoms. The number of aliphatic carboxylic acids is 2. The van der Waals surface area contributed by atoms with Crippen molar-refractivity contribution in [3.8, 4) is 11.4 Å². The molecule has 3 rings (SSSR count). The van der Waals surface area contributed by atoms with Gasteiger partial charge in [-0.05, 0) is 12.6 Å². The molecule has 0 amide bonds. The number of hydrogen-bond acceptors (Lipinski definition) is 6. The lowest BCUT2D eigenvalue weighted by atomic mass is 10.1. The molecule has 0 radical (unpaired) electrons. The number of nitrogens with one attached hydrogen (secondary N) is 1. The van der Waals surface area contributed by atoms with E-state index in [0.29, 0.717) is 0 Å². The third-order valence-electron chi connectivity index (χ3n) is 3.91. The Morgan fingerprint density at radius 2 is 1.57 bits per heavy atom. The van der Waals surface area contributed by atoms with Crippen LogP contribution in [0.15, 0.2) is 43.0 Å². The summed E-state index contributed by atoms with van der Waals surface area (Å²) in [5, 5.41) is 22.3. The second kappa shape index (κ2) is 12.5. The SMILES string of the molecule is CN(Cc1ccccc1-c1ncc[nH]1)Cc1nncn1C.O=C(O)C(F)(F)F.O=C(O)C(F)(F)F. The summed E-state index contributed by atoms with van der Waals surface area (Å²) in [5.74, 6) is -3.66. The number of rotatable bonds is 5. The average molecular weight is 510 g/mol. The molecule has 0 fully saturated rings. The van der Waals surface area contributed by atoms with Crippen molar-refractivity contribution in [2.45, 2.75) is 25.4 Å². The van der Waals surface area contributed by atoms with Crippen LogP contribution in [0.3, 0.4) is 0 Å². The Labute approximate surface area is 193 Å². The fraction of sp³-hybridized carbons (Fsp3) is 0.316. The quantitative estimate of drug-likeness (QED) is 0.446. The number of benzene rings is 1. The van der Waals surface area contributed by atoms with Gasteiger partial charge in [0.2, 0.25) is 0 Å². The van der Waals surface area contributed by atoms with Crippen molar-refractivity contribution in [3.63, 3.8) is 0 Å². The second-order valence-corrected chi connectivity index (χ2v) is 6.73. The molecule has 0 saturated heterocycles. The number of alkyl halides is 6. The molecule has 0 spiro atoms. The summed E-state index contributed by atoms with van der Waals surface area (Å²) in [4.78, 5) is 27.5. The zero-order valence-corrected chi connectivity index (χ0v) is 18.2. The van der Waals surface area contributed by atoms with Gasteiger partial charge in [0.1, 0.15) is 18.0 Å². The molecule has 3 N–H and O–H groups in total. The van der Waals surface area contributed by atoms with E-state index in [2.05, 4.69) is 50.3 Å². The van der Waals surface area contributed by atoms with Crippen LogP contribution in [0.5, 0.6) is 0 Å². The first kappa shape index (κ1) is 29.1. The minimum Gasteiger partial charge on any atom is -0.475 e. The molecule has 0 atom stereocenters. The fourth-order valence-corrected chi connectivity index (χ4v) is 2.34. The van der Waals surface area contributed by atoms with E-state index in [9.17, 15) is 26.3 Å². The highest BCUT2D eigenvalue weighted by molar-refractivity contribution is 5.73. The Bertz CT molecular complexity index is 1060. The van der Waals surface area contributed by atoms with Crippen molar-refractivity contribution in [2.24, 2.45) is 7.05 Å². The Hall–Kier alpha value is -3.95. The summed E-state index contributed by atoms with van der Waals surface area (Å²) < 4.78 is 65.4. The Kier molecular flexibility index (Phi) is 10.4. The molecule has 35 heavy (non-hydrogen) atoms. The molecule has 0 aliphatic rings. The maximum atomic E-state index is 10.6. The number of imidazole rings is 1. The minimum absolute atomic E-state index is 0.753. The molecule has 1 aromatic carbocycles. The number of halogens is 6. The molecule has 192 valence electrons. The van der Waals surface area contributed by atoms with Gasteiger partial charge in [-0.1, -0.05) is 24.3 Å². The standard InChI is InChI=1S/C15H18N6.2C2HF3O2/c1-20(10-14-19-18-11-21(14)2)9-12-5-3-4-6-13(12)15-16-7-8-17-15;2*3-2(4,5)1(6)7/h3-8,11H,9-10H2,1-2H3,(H,16,17);2*(H,6,7). The molecular formula is C19H20F6N6O4. The van der Waals surface area contributed by atoms with Gasteiger partial charge in [-0.3, -0.25) is 4.90 Å². The normalized spacial score (nSPS) is 11.2. The van der Waals surface area contributed by atoms with Crippen LogP contribution in [-0.2, 0) is 29.7 Å².